The highest BCUT2D eigenvalue weighted by Gasteiger charge is 2.32. The zero-order chi connectivity index (χ0) is 17.6. The van der Waals surface area contributed by atoms with Crippen LogP contribution in [0.2, 0.25) is 0 Å². The fraction of sp³-hybridized carbons (Fsp3) is 0.0526. The number of amides is 1. The van der Waals surface area contributed by atoms with E-state index in [1.54, 1.807) is 54.6 Å². The Bertz CT molecular complexity index is 1170. The molecule has 1 aromatic heterocycles. The molecule has 25 heavy (non-hydrogen) atoms. The van der Waals surface area contributed by atoms with Crippen LogP contribution in [0.5, 0.6) is 0 Å². The fourth-order valence-corrected chi connectivity index (χ4v) is 3.20. The van der Waals surface area contributed by atoms with E-state index in [1.165, 1.54) is 0 Å². The van der Waals surface area contributed by atoms with E-state index in [9.17, 15) is 14.4 Å². The van der Waals surface area contributed by atoms with Gasteiger partial charge in [0.25, 0.3) is 11.5 Å². The number of nitrogens with zero attached hydrogens (tertiary/aromatic N) is 2. The maximum absolute atomic E-state index is 12.9. The summed E-state index contributed by atoms with van der Waals surface area (Å²) in [5.74, 6) is -0.802. The second-order valence-corrected chi connectivity index (χ2v) is 5.65. The number of hydrogen-bond donors (Lipinski definition) is 1. The summed E-state index contributed by atoms with van der Waals surface area (Å²) >= 11 is 0. The van der Waals surface area contributed by atoms with Crippen LogP contribution in [0.1, 0.15) is 22.3 Å². The van der Waals surface area contributed by atoms with E-state index < -0.39 is 11.5 Å². The molecule has 0 radical (unpaired) electrons. The van der Waals surface area contributed by atoms with Gasteiger partial charge in [0.05, 0.1) is 17.3 Å². The third kappa shape index (κ3) is 2.07. The van der Waals surface area contributed by atoms with E-state index in [0.29, 0.717) is 33.2 Å². The van der Waals surface area contributed by atoms with Crippen LogP contribution in [-0.4, -0.2) is 16.4 Å². The molecule has 0 spiro atoms. The van der Waals surface area contributed by atoms with Gasteiger partial charge in [-0.15, -0.1) is 0 Å². The van der Waals surface area contributed by atoms with E-state index in [4.69, 9.17) is 5.26 Å². The van der Waals surface area contributed by atoms with E-state index in [-0.39, 0.29) is 12.2 Å². The molecule has 0 saturated carbocycles. The second kappa shape index (κ2) is 5.42. The van der Waals surface area contributed by atoms with Gasteiger partial charge in [0, 0.05) is 21.9 Å². The van der Waals surface area contributed by atoms with Gasteiger partial charge in [-0.3, -0.25) is 19.8 Å². The SMILES string of the molecule is N#CCC(=O)Nn1c2c(c3ccccc3c1=O)C(=O)c1ccccc1-2. The lowest BCUT2D eigenvalue weighted by molar-refractivity contribution is -0.116. The third-order valence-electron chi connectivity index (χ3n) is 4.22. The monoisotopic (exact) mass is 329 g/mol. The Labute approximate surface area is 141 Å². The molecule has 1 heterocycles. The van der Waals surface area contributed by atoms with Crippen LogP contribution >= 0.6 is 0 Å². The minimum Gasteiger partial charge on any atom is -0.288 e. The molecule has 0 saturated heterocycles. The Hall–Kier alpha value is -3.72. The molecule has 3 aromatic rings. The first-order valence-electron chi connectivity index (χ1n) is 7.62. The molecule has 1 N–H and O–H groups in total. The standard InChI is InChI=1S/C19H11N3O3/c20-10-9-15(23)21-22-17-12-6-2-3-7-13(12)18(24)16(17)11-5-1-4-8-14(11)19(22)25/h1-8H,9H2,(H,21,23). The molecule has 6 nitrogen and oxygen atoms in total. The largest absolute Gasteiger partial charge is 0.288 e. The molecule has 4 rings (SSSR count). The molecule has 0 atom stereocenters. The van der Waals surface area contributed by atoms with E-state index in [2.05, 4.69) is 5.43 Å². The Kier molecular flexibility index (Phi) is 3.22. The van der Waals surface area contributed by atoms with Crippen LogP contribution < -0.4 is 11.0 Å². The molecule has 0 bridgehead atoms. The van der Waals surface area contributed by atoms with Crippen molar-refractivity contribution in [3.05, 3.63) is 70.0 Å². The van der Waals surface area contributed by atoms with Crippen molar-refractivity contribution in [2.24, 2.45) is 0 Å². The van der Waals surface area contributed by atoms with Gasteiger partial charge in [-0.2, -0.15) is 5.26 Å². The number of nitriles is 1. The number of benzene rings is 2. The highest BCUT2D eigenvalue weighted by molar-refractivity contribution is 6.26. The second-order valence-electron chi connectivity index (χ2n) is 5.65. The van der Waals surface area contributed by atoms with Crippen LogP contribution in [0.3, 0.4) is 0 Å². The third-order valence-corrected chi connectivity index (χ3v) is 4.22. The Morgan fingerprint density at radius 1 is 1.00 bits per heavy atom. The number of pyridine rings is 1. The summed E-state index contributed by atoms with van der Waals surface area (Å²) in [4.78, 5) is 37.7. The first kappa shape index (κ1) is 14.8. The van der Waals surface area contributed by atoms with Gasteiger partial charge in [-0.1, -0.05) is 42.5 Å². The van der Waals surface area contributed by atoms with E-state index in [1.807, 2.05) is 0 Å². The van der Waals surface area contributed by atoms with Gasteiger partial charge in [-0.25, -0.2) is 4.68 Å². The molecule has 0 unspecified atom stereocenters. The van der Waals surface area contributed by atoms with Crippen molar-refractivity contribution in [1.82, 2.24) is 4.68 Å². The summed E-state index contributed by atoms with van der Waals surface area (Å²) in [6, 6.07) is 15.5. The van der Waals surface area contributed by atoms with Crippen molar-refractivity contribution >= 4 is 22.5 Å². The molecule has 1 amide bonds. The number of carbonyl (C=O) groups is 2. The van der Waals surface area contributed by atoms with E-state index >= 15 is 0 Å². The van der Waals surface area contributed by atoms with Crippen molar-refractivity contribution < 1.29 is 9.59 Å². The maximum atomic E-state index is 12.9. The number of nitrogens with one attached hydrogen (secondary N) is 1. The molecule has 6 heteroatoms. The Morgan fingerprint density at radius 3 is 2.36 bits per heavy atom. The Morgan fingerprint density at radius 2 is 1.64 bits per heavy atom. The zero-order valence-electron chi connectivity index (χ0n) is 12.9. The summed E-state index contributed by atoms with van der Waals surface area (Å²) in [5.41, 5.74) is 3.82. The van der Waals surface area contributed by atoms with Crippen molar-refractivity contribution in [2.75, 3.05) is 5.43 Å². The highest BCUT2D eigenvalue weighted by atomic mass is 16.2. The van der Waals surface area contributed by atoms with Gasteiger partial charge in [-0.05, 0) is 6.07 Å². The number of rotatable bonds is 2. The summed E-state index contributed by atoms with van der Waals surface area (Å²) in [7, 11) is 0. The molecular formula is C19H11N3O3. The predicted molar refractivity (Wildman–Crippen MR) is 91.7 cm³/mol. The van der Waals surface area contributed by atoms with Gasteiger partial charge in [0.15, 0.2) is 5.78 Å². The van der Waals surface area contributed by atoms with Crippen LogP contribution in [0.25, 0.3) is 22.0 Å². The van der Waals surface area contributed by atoms with Crippen LogP contribution in [0.4, 0.5) is 0 Å². The van der Waals surface area contributed by atoms with Gasteiger partial charge in [0.1, 0.15) is 6.42 Å². The van der Waals surface area contributed by atoms with Crippen molar-refractivity contribution in [2.45, 2.75) is 6.42 Å². The average molecular weight is 329 g/mol. The molecule has 1 aliphatic rings. The lowest BCUT2D eigenvalue weighted by atomic mass is 10.0. The number of hydrogen-bond acceptors (Lipinski definition) is 4. The lowest BCUT2D eigenvalue weighted by Crippen LogP contribution is -2.34. The van der Waals surface area contributed by atoms with Gasteiger partial charge < -0.3 is 0 Å². The maximum Gasteiger partial charge on any atom is 0.277 e. The number of aromatic nitrogens is 1. The quantitative estimate of drug-likeness (QED) is 0.610. The normalized spacial score (nSPS) is 11.7. The minimum absolute atomic E-state index is 0.190. The number of carbonyl (C=O) groups excluding carboxylic acids is 2. The molecule has 1 aliphatic carbocycles. The van der Waals surface area contributed by atoms with Crippen LogP contribution in [0.15, 0.2) is 53.3 Å². The number of ketones is 1. The minimum atomic E-state index is -0.612. The van der Waals surface area contributed by atoms with Crippen LogP contribution in [-0.2, 0) is 4.79 Å². The molecular weight excluding hydrogens is 318 g/mol. The van der Waals surface area contributed by atoms with Gasteiger partial charge in [0.2, 0.25) is 0 Å². The summed E-state index contributed by atoms with van der Waals surface area (Å²) in [6.45, 7) is 0. The summed E-state index contributed by atoms with van der Waals surface area (Å²) in [5, 5.41) is 9.58. The van der Waals surface area contributed by atoms with Crippen molar-refractivity contribution in [3.63, 3.8) is 0 Å². The summed E-state index contributed by atoms with van der Waals surface area (Å²) in [6.07, 6.45) is -0.385. The highest BCUT2D eigenvalue weighted by Crippen LogP contribution is 2.38. The molecule has 120 valence electrons. The average Bonchev–Trinajstić information content (AvgIpc) is 2.92. The van der Waals surface area contributed by atoms with E-state index in [0.717, 1.165) is 4.68 Å². The Balaban J connectivity index is 2.12. The predicted octanol–water partition coefficient (Wildman–Crippen LogP) is 2.20. The molecule has 0 aliphatic heterocycles. The first-order chi connectivity index (χ1) is 12.1. The smallest absolute Gasteiger partial charge is 0.277 e. The van der Waals surface area contributed by atoms with Crippen molar-refractivity contribution in [3.8, 4) is 17.3 Å². The number of fused-ring (bicyclic) bond motifs is 5. The zero-order valence-corrected chi connectivity index (χ0v) is 12.9. The fourth-order valence-electron chi connectivity index (χ4n) is 3.20. The summed E-state index contributed by atoms with van der Waals surface area (Å²) < 4.78 is 1.08. The molecule has 2 aromatic carbocycles. The molecule has 0 fully saturated rings. The topological polar surface area (TPSA) is 92.0 Å². The van der Waals surface area contributed by atoms with Crippen molar-refractivity contribution in [1.29, 1.82) is 5.26 Å². The first-order valence-corrected chi connectivity index (χ1v) is 7.62. The van der Waals surface area contributed by atoms with Crippen LogP contribution in [0, 0.1) is 11.3 Å². The van der Waals surface area contributed by atoms with Gasteiger partial charge >= 0.3 is 0 Å². The lowest BCUT2D eigenvalue weighted by Gasteiger charge is -2.15.